The number of carbonyl (C=O) groups excluding carboxylic acids is 2. The summed E-state index contributed by atoms with van der Waals surface area (Å²) < 4.78 is 0.802. The van der Waals surface area contributed by atoms with Crippen LogP contribution < -0.4 is 5.32 Å². The Kier molecular flexibility index (Phi) is 5.53. The third-order valence-corrected chi connectivity index (χ3v) is 3.92. The first-order valence-electron chi connectivity index (χ1n) is 6.40. The predicted molar refractivity (Wildman–Crippen MR) is 87.8 cm³/mol. The predicted octanol–water partition coefficient (Wildman–Crippen LogP) is 4.70. The maximum absolute atomic E-state index is 12.0. The minimum atomic E-state index is -0.206. The van der Waals surface area contributed by atoms with E-state index in [1.807, 2.05) is 18.2 Å². The highest BCUT2D eigenvalue weighted by molar-refractivity contribution is 9.10. The molecule has 0 unspecified atom stereocenters. The van der Waals surface area contributed by atoms with Crippen molar-refractivity contribution in [2.45, 2.75) is 12.8 Å². The van der Waals surface area contributed by atoms with Crippen LogP contribution in [0.5, 0.6) is 0 Å². The summed E-state index contributed by atoms with van der Waals surface area (Å²) in [6, 6.07) is 14.2. The fraction of sp³-hybridized carbons (Fsp3) is 0.125. The van der Waals surface area contributed by atoms with Crippen molar-refractivity contribution in [3.8, 4) is 0 Å². The number of hydrogen-bond donors (Lipinski definition) is 1. The molecule has 3 nitrogen and oxygen atoms in total. The maximum Gasteiger partial charge on any atom is 0.224 e. The van der Waals surface area contributed by atoms with Crippen LogP contribution in [0.4, 0.5) is 5.69 Å². The summed E-state index contributed by atoms with van der Waals surface area (Å²) in [7, 11) is 0. The van der Waals surface area contributed by atoms with Crippen LogP contribution in [-0.2, 0) is 4.79 Å². The minimum Gasteiger partial charge on any atom is -0.325 e. The third-order valence-electron chi connectivity index (χ3n) is 2.90. The fourth-order valence-corrected chi connectivity index (χ4v) is 2.45. The van der Waals surface area contributed by atoms with Crippen LogP contribution >= 0.6 is 27.5 Å². The molecule has 0 atom stereocenters. The molecule has 21 heavy (non-hydrogen) atoms. The second kappa shape index (κ2) is 7.38. The van der Waals surface area contributed by atoms with Crippen LogP contribution in [0.25, 0.3) is 0 Å². The van der Waals surface area contributed by atoms with Crippen LogP contribution in [0.15, 0.2) is 53.0 Å². The van der Waals surface area contributed by atoms with Gasteiger partial charge >= 0.3 is 0 Å². The average molecular weight is 367 g/mol. The van der Waals surface area contributed by atoms with E-state index in [-0.39, 0.29) is 24.5 Å². The standard InChI is InChI=1S/C16H13BrClNO2/c17-12-6-2-4-8-14(12)19-16(21)10-9-15(20)11-5-1-3-7-13(11)18/h1-8H,9-10H2,(H,19,21). The number of carbonyl (C=O) groups is 2. The molecule has 0 aliphatic heterocycles. The molecular formula is C16H13BrClNO2. The van der Waals surface area contributed by atoms with Crippen molar-refractivity contribution >= 4 is 44.9 Å². The van der Waals surface area contributed by atoms with Gasteiger partial charge in [-0.15, -0.1) is 0 Å². The summed E-state index contributed by atoms with van der Waals surface area (Å²) in [5.74, 6) is -0.342. The smallest absolute Gasteiger partial charge is 0.224 e. The lowest BCUT2D eigenvalue weighted by molar-refractivity contribution is -0.116. The lowest BCUT2D eigenvalue weighted by Crippen LogP contribution is -2.14. The number of halogens is 2. The quantitative estimate of drug-likeness (QED) is 0.779. The molecule has 0 spiro atoms. The zero-order valence-electron chi connectivity index (χ0n) is 11.1. The highest BCUT2D eigenvalue weighted by atomic mass is 79.9. The van der Waals surface area contributed by atoms with Gasteiger partial charge in [0.1, 0.15) is 0 Å². The van der Waals surface area contributed by atoms with Gasteiger partial charge in [-0.1, -0.05) is 35.9 Å². The van der Waals surface area contributed by atoms with Crippen molar-refractivity contribution in [1.29, 1.82) is 0 Å². The van der Waals surface area contributed by atoms with Crippen molar-refractivity contribution in [2.75, 3.05) is 5.32 Å². The molecule has 0 bridgehead atoms. The topological polar surface area (TPSA) is 46.2 Å². The van der Waals surface area contributed by atoms with Gasteiger partial charge in [-0.3, -0.25) is 9.59 Å². The van der Waals surface area contributed by atoms with Crippen molar-refractivity contribution in [3.63, 3.8) is 0 Å². The Hall–Kier alpha value is -1.65. The number of anilines is 1. The molecule has 5 heteroatoms. The Balaban J connectivity index is 1.91. The van der Waals surface area contributed by atoms with Gasteiger partial charge in [0.2, 0.25) is 5.91 Å². The number of rotatable bonds is 5. The first-order chi connectivity index (χ1) is 10.1. The van der Waals surface area contributed by atoms with E-state index in [0.29, 0.717) is 16.3 Å². The van der Waals surface area contributed by atoms with Gasteiger partial charge < -0.3 is 5.32 Å². The molecule has 108 valence electrons. The molecule has 0 aliphatic carbocycles. The molecule has 2 aromatic carbocycles. The van der Waals surface area contributed by atoms with Crippen LogP contribution in [0.2, 0.25) is 5.02 Å². The Labute approximate surface area is 136 Å². The summed E-state index contributed by atoms with van der Waals surface area (Å²) in [5.41, 5.74) is 1.14. The molecule has 0 saturated carbocycles. The second-order valence-corrected chi connectivity index (χ2v) is 5.69. The van der Waals surface area contributed by atoms with Crippen LogP contribution in [0.1, 0.15) is 23.2 Å². The summed E-state index contributed by atoms with van der Waals surface area (Å²) in [6.07, 6.45) is 0.241. The molecule has 1 amide bonds. The van der Waals surface area contributed by atoms with Crippen molar-refractivity contribution in [2.24, 2.45) is 0 Å². The van der Waals surface area contributed by atoms with Gasteiger partial charge in [0.25, 0.3) is 0 Å². The zero-order valence-corrected chi connectivity index (χ0v) is 13.4. The lowest BCUT2D eigenvalue weighted by atomic mass is 10.1. The Morgan fingerprint density at radius 2 is 1.67 bits per heavy atom. The highest BCUT2D eigenvalue weighted by Gasteiger charge is 2.12. The van der Waals surface area contributed by atoms with E-state index < -0.39 is 0 Å². The van der Waals surface area contributed by atoms with Gasteiger partial charge in [0.05, 0.1) is 10.7 Å². The van der Waals surface area contributed by atoms with Crippen LogP contribution in [0.3, 0.4) is 0 Å². The third kappa shape index (κ3) is 4.41. The number of benzene rings is 2. The number of para-hydroxylation sites is 1. The number of nitrogens with one attached hydrogen (secondary N) is 1. The summed E-state index contributed by atoms with van der Waals surface area (Å²) in [5, 5.41) is 3.17. The summed E-state index contributed by atoms with van der Waals surface area (Å²) >= 11 is 9.31. The molecule has 2 rings (SSSR count). The van der Waals surface area contributed by atoms with E-state index in [4.69, 9.17) is 11.6 Å². The second-order valence-electron chi connectivity index (χ2n) is 4.43. The normalized spacial score (nSPS) is 10.2. The van der Waals surface area contributed by atoms with E-state index in [1.165, 1.54) is 0 Å². The average Bonchev–Trinajstić information content (AvgIpc) is 2.48. The monoisotopic (exact) mass is 365 g/mol. The van der Waals surface area contributed by atoms with E-state index in [2.05, 4.69) is 21.2 Å². The van der Waals surface area contributed by atoms with Crippen molar-refractivity contribution in [1.82, 2.24) is 0 Å². The molecule has 0 heterocycles. The fourth-order valence-electron chi connectivity index (χ4n) is 1.82. The Bertz CT molecular complexity index is 673. The molecule has 0 saturated heterocycles. The van der Waals surface area contributed by atoms with Crippen LogP contribution in [0, 0.1) is 0 Å². The number of ketones is 1. The van der Waals surface area contributed by atoms with E-state index in [9.17, 15) is 9.59 Å². The van der Waals surface area contributed by atoms with Gasteiger partial charge in [0, 0.05) is 22.9 Å². The van der Waals surface area contributed by atoms with Crippen LogP contribution in [-0.4, -0.2) is 11.7 Å². The minimum absolute atomic E-state index is 0.116. The van der Waals surface area contributed by atoms with E-state index in [1.54, 1.807) is 30.3 Å². The van der Waals surface area contributed by atoms with Gasteiger partial charge in [0.15, 0.2) is 5.78 Å². The number of amides is 1. The van der Waals surface area contributed by atoms with E-state index in [0.717, 1.165) is 4.47 Å². The summed E-state index contributed by atoms with van der Waals surface area (Å²) in [6.45, 7) is 0. The van der Waals surface area contributed by atoms with Crippen molar-refractivity contribution < 1.29 is 9.59 Å². The van der Waals surface area contributed by atoms with E-state index >= 15 is 0 Å². The summed E-state index contributed by atoms with van der Waals surface area (Å²) in [4.78, 5) is 23.9. The van der Waals surface area contributed by atoms with Gasteiger partial charge in [-0.2, -0.15) is 0 Å². The molecular weight excluding hydrogens is 354 g/mol. The first-order valence-corrected chi connectivity index (χ1v) is 7.57. The molecule has 0 aliphatic rings. The Morgan fingerprint density at radius 3 is 2.38 bits per heavy atom. The molecule has 2 aromatic rings. The maximum atomic E-state index is 12.0. The SMILES string of the molecule is O=C(CCC(=O)c1ccccc1Cl)Nc1ccccc1Br. The zero-order chi connectivity index (χ0) is 15.2. The van der Waals surface area contributed by atoms with Gasteiger partial charge in [-0.05, 0) is 40.2 Å². The molecule has 1 N–H and O–H groups in total. The lowest BCUT2D eigenvalue weighted by Gasteiger charge is -2.07. The largest absolute Gasteiger partial charge is 0.325 e. The molecule has 0 fully saturated rings. The van der Waals surface area contributed by atoms with Gasteiger partial charge in [-0.25, -0.2) is 0 Å². The number of hydrogen-bond acceptors (Lipinski definition) is 2. The molecule has 0 radical (unpaired) electrons. The van der Waals surface area contributed by atoms with Crippen molar-refractivity contribution in [3.05, 3.63) is 63.6 Å². The first kappa shape index (κ1) is 15.7. The Morgan fingerprint density at radius 1 is 1.00 bits per heavy atom. The highest BCUT2D eigenvalue weighted by Crippen LogP contribution is 2.22. The number of Topliss-reactive ketones (excluding diaryl/α,β-unsaturated/α-hetero) is 1. The molecule has 0 aromatic heterocycles.